The fourth-order valence-corrected chi connectivity index (χ4v) is 3.94. The SMILES string of the molecule is CCCCCCCCC1(O)C=CC(C[C@@H](NC(=O)OC(C)(C)C)C(=O)ON2C(=O)CCC2=O)=CC1. The molecule has 1 unspecified atom stereocenters. The van der Waals surface area contributed by atoms with Crippen LogP contribution in [0.1, 0.15) is 98.3 Å². The first-order valence-corrected chi connectivity index (χ1v) is 12.6. The number of allylic oxidation sites excluding steroid dienone is 1. The molecule has 2 atom stereocenters. The zero-order chi connectivity index (χ0) is 26.1. The molecule has 1 saturated heterocycles. The van der Waals surface area contributed by atoms with Crippen molar-refractivity contribution in [2.75, 3.05) is 0 Å². The lowest BCUT2D eigenvalue weighted by molar-refractivity contribution is -0.198. The van der Waals surface area contributed by atoms with Gasteiger partial charge in [-0.2, -0.15) is 0 Å². The van der Waals surface area contributed by atoms with Gasteiger partial charge in [-0.1, -0.05) is 63.7 Å². The number of ether oxygens (including phenoxy) is 1. The predicted molar refractivity (Wildman–Crippen MR) is 130 cm³/mol. The maximum Gasteiger partial charge on any atom is 0.408 e. The van der Waals surface area contributed by atoms with Crippen molar-refractivity contribution in [2.45, 2.75) is 116 Å². The molecule has 0 saturated carbocycles. The second-order valence-electron chi connectivity index (χ2n) is 10.3. The fourth-order valence-electron chi connectivity index (χ4n) is 3.94. The Morgan fingerprint density at radius 1 is 1.11 bits per heavy atom. The highest BCUT2D eigenvalue weighted by molar-refractivity contribution is 6.01. The maximum atomic E-state index is 12.8. The molecule has 0 bridgehead atoms. The number of aliphatic hydroxyl groups is 1. The Morgan fingerprint density at radius 3 is 2.31 bits per heavy atom. The van der Waals surface area contributed by atoms with Crippen molar-refractivity contribution >= 4 is 23.9 Å². The van der Waals surface area contributed by atoms with Gasteiger partial charge in [0, 0.05) is 19.3 Å². The highest BCUT2D eigenvalue weighted by Crippen LogP contribution is 2.29. The minimum Gasteiger partial charge on any atom is -0.444 e. The van der Waals surface area contributed by atoms with E-state index < -0.39 is 41.1 Å². The second kappa shape index (κ2) is 12.9. The smallest absolute Gasteiger partial charge is 0.408 e. The molecule has 35 heavy (non-hydrogen) atoms. The molecule has 2 N–H and O–H groups in total. The Morgan fingerprint density at radius 2 is 1.74 bits per heavy atom. The van der Waals surface area contributed by atoms with E-state index in [0.717, 1.165) is 24.8 Å². The molecule has 1 heterocycles. The number of hydrogen-bond donors (Lipinski definition) is 2. The molecule has 0 radical (unpaired) electrons. The highest BCUT2D eigenvalue weighted by Gasteiger charge is 2.36. The molecule has 9 heteroatoms. The number of rotatable bonds is 12. The third-order valence-electron chi connectivity index (χ3n) is 5.89. The number of amides is 3. The van der Waals surface area contributed by atoms with Crippen LogP contribution in [0.3, 0.4) is 0 Å². The summed E-state index contributed by atoms with van der Waals surface area (Å²) in [4.78, 5) is 53.8. The number of carbonyl (C=O) groups excluding carboxylic acids is 4. The molecule has 0 aromatic rings. The van der Waals surface area contributed by atoms with E-state index in [0.29, 0.717) is 17.9 Å². The van der Waals surface area contributed by atoms with Gasteiger partial charge in [-0.25, -0.2) is 9.59 Å². The number of alkyl carbamates (subject to hydrolysis) is 1. The molecule has 0 spiro atoms. The van der Waals surface area contributed by atoms with Crippen LogP contribution in [0.5, 0.6) is 0 Å². The first-order valence-electron chi connectivity index (χ1n) is 12.6. The van der Waals surface area contributed by atoms with Crippen molar-refractivity contribution in [3.05, 3.63) is 23.8 Å². The molecule has 3 amide bonds. The molecule has 196 valence electrons. The molecular weight excluding hydrogens is 452 g/mol. The average molecular weight is 493 g/mol. The zero-order valence-electron chi connectivity index (χ0n) is 21.4. The third-order valence-corrected chi connectivity index (χ3v) is 5.89. The average Bonchev–Trinajstić information content (AvgIpc) is 3.08. The van der Waals surface area contributed by atoms with E-state index in [-0.39, 0.29) is 19.3 Å². The van der Waals surface area contributed by atoms with E-state index in [1.165, 1.54) is 19.3 Å². The van der Waals surface area contributed by atoms with Crippen molar-refractivity contribution in [1.29, 1.82) is 0 Å². The summed E-state index contributed by atoms with van der Waals surface area (Å²) >= 11 is 0. The summed E-state index contributed by atoms with van der Waals surface area (Å²) in [5.41, 5.74) is -0.997. The molecular formula is C26H40N2O7. The van der Waals surface area contributed by atoms with Crippen LogP contribution in [0.2, 0.25) is 0 Å². The first-order chi connectivity index (χ1) is 16.4. The number of hydroxylamine groups is 2. The van der Waals surface area contributed by atoms with Crippen LogP contribution in [-0.4, -0.2) is 51.3 Å². The van der Waals surface area contributed by atoms with Crippen molar-refractivity contribution < 1.29 is 33.9 Å². The van der Waals surface area contributed by atoms with Gasteiger partial charge in [-0.05, 0) is 39.2 Å². The minimum atomic E-state index is -1.19. The Hall–Kier alpha value is -2.68. The number of nitrogens with one attached hydrogen (secondary N) is 1. The van der Waals surface area contributed by atoms with Gasteiger partial charge in [-0.15, -0.1) is 5.06 Å². The summed E-state index contributed by atoms with van der Waals surface area (Å²) in [5, 5.41) is 13.8. The zero-order valence-corrected chi connectivity index (χ0v) is 21.4. The van der Waals surface area contributed by atoms with Gasteiger partial charge in [0.25, 0.3) is 11.8 Å². The summed E-state index contributed by atoms with van der Waals surface area (Å²) in [7, 11) is 0. The van der Waals surface area contributed by atoms with Gasteiger partial charge in [-0.3, -0.25) is 9.59 Å². The first kappa shape index (κ1) is 28.6. The van der Waals surface area contributed by atoms with E-state index in [9.17, 15) is 24.3 Å². The number of unbranched alkanes of at least 4 members (excludes halogenated alkanes) is 5. The molecule has 0 aromatic carbocycles. The topological polar surface area (TPSA) is 122 Å². The van der Waals surface area contributed by atoms with E-state index in [2.05, 4.69) is 12.2 Å². The van der Waals surface area contributed by atoms with Crippen LogP contribution in [0.25, 0.3) is 0 Å². The lowest BCUT2D eigenvalue weighted by atomic mass is 9.86. The van der Waals surface area contributed by atoms with Crippen LogP contribution in [0.4, 0.5) is 4.79 Å². The van der Waals surface area contributed by atoms with E-state index in [1.54, 1.807) is 32.9 Å². The Balaban J connectivity index is 1.98. The van der Waals surface area contributed by atoms with Gasteiger partial charge < -0.3 is 20.0 Å². The van der Waals surface area contributed by atoms with E-state index in [4.69, 9.17) is 9.57 Å². The van der Waals surface area contributed by atoms with Gasteiger partial charge >= 0.3 is 12.1 Å². The van der Waals surface area contributed by atoms with Crippen molar-refractivity contribution in [3.63, 3.8) is 0 Å². The third kappa shape index (κ3) is 9.84. The standard InChI is InChI=1S/C26H40N2O7/c1-5-6-7-8-9-10-15-26(33)16-13-19(14-17-26)18-20(27-24(32)34-25(2,3)4)23(31)35-28-21(29)11-12-22(28)30/h13-14,16,20,33H,5-12,15,17-18H2,1-4H3,(H,27,32)/t20-,26?/m1/s1. The molecule has 9 nitrogen and oxygen atoms in total. The molecule has 1 aliphatic heterocycles. The lowest BCUT2D eigenvalue weighted by Crippen LogP contribution is -2.47. The fraction of sp³-hybridized carbons (Fsp3) is 0.692. The van der Waals surface area contributed by atoms with Crippen molar-refractivity contribution in [2.24, 2.45) is 0 Å². The monoisotopic (exact) mass is 492 g/mol. The number of carbonyl (C=O) groups is 4. The second-order valence-corrected chi connectivity index (χ2v) is 10.3. The van der Waals surface area contributed by atoms with Crippen LogP contribution in [0, 0.1) is 0 Å². The molecule has 2 rings (SSSR count). The number of hydrogen-bond acceptors (Lipinski definition) is 7. The molecule has 1 fully saturated rings. The van der Waals surface area contributed by atoms with Crippen LogP contribution < -0.4 is 5.32 Å². The van der Waals surface area contributed by atoms with Crippen molar-refractivity contribution in [3.8, 4) is 0 Å². The van der Waals surface area contributed by atoms with Gasteiger partial charge in [0.15, 0.2) is 0 Å². The lowest BCUT2D eigenvalue weighted by Gasteiger charge is -2.28. The number of imide groups is 1. The molecule has 1 aliphatic carbocycles. The number of nitrogens with zero attached hydrogens (tertiary/aromatic N) is 1. The summed E-state index contributed by atoms with van der Waals surface area (Å²) in [6.07, 6.45) is 12.4. The van der Waals surface area contributed by atoms with Gasteiger partial charge in [0.2, 0.25) is 0 Å². The summed E-state index contributed by atoms with van der Waals surface area (Å²) in [5.74, 6) is -2.14. The summed E-state index contributed by atoms with van der Waals surface area (Å²) in [6.45, 7) is 7.26. The predicted octanol–water partition coefficient (Wildman–Crippen LogP) is 4.25. The van der Waals surface area contributed by atoms with E-state index in [1.807, 2.05) is 6.08 Å². The molecule has 0 aromatic heterocycles. The summed E-state index contributed by atoms with van der Waals surface area (Å²) in [6, 6.07) is -1.19. The quantitative estimate of drug-likeness (QED) is 0.308. The largest absolute Gasteiger partial charge is 0.444 e. The van der Waals surface area contributed by atoms with Gasteiger partial charge in [0.1, 0.15) is 11.6 Å². The van der Waals surface area contributed by atoms with Crippen LogP contribution in [0.15, 0.2) is 23.8 Å². The van der Waals surface area contributed by atoms with E-state index >= 15 is 0 Å². The Bertz CT molecular complexity index is 827. The maximum absolute atomic E-state index is 12.8. The Labute approximate surface area is 207 Å². The van der Waals surface area contributed by atoms with Gasteiger partial charge in [0.05, 0.1) is 5.60 Å². The Kier molecular flexibility index (Phi) is 10.5. The van der Waals surface area contributed by atoms with Crippen LogP contribution >= 0.6 is 0 Å². The highest BCUT2D eigenvalue weighted by atomic mass is 16.7. The normalized spacial score (nSPS) is 21.1. The molecule has 2 aliphatic rings. The minimum absolute atomic E-state index is 0.0264. The summed E-state index contributed by atoms with van der Waals surface area (Å²) < 4.78 is 5.25. The van der Waals surface area contributed by atoms with Crippen LogP contribution in [-0.2, 0) is 24.0 Å². The van der Waals surface area contributed by atoms with Crippen molar-refractivity contribution in [1.82, 2.24) is 10.4 Å².